The van der Waals surface area contributed by atoms with Crippen molar-refractivity contribution < 1.29 is 0 Å². The first-order valence-electron chi connectivity index (χ1n) is 15.4. The number of rotatable bonds is 10. The molecule has 0 atom stereocenters. The first-order chi connectivity index (χ1) is 23.9. The molecule has 11 nitrogen and oxygen atoms in total. The molecule has 0 aliphatic rings. The van der Waals surface area contributed by atoms with E-state index >= 15 is 0 Å². The van der Waals surface area contributed by atoms with Crippen LogP contribution in [0.15, 0.2) is 150 Å². The van der Waals surface area contributed by atoms with Gasteiger partial charge in [0.2, 0.25) is 0 Å². The third-order valence-electron chi connectivity index (χ3n) is 6.54. The number of nitrogens with zero attached hydrogens (tertiary/aromatic N) is 4. The van der Waals surface area contributed by atoms with Crippen molar-refractivity contribution in [1.29, 1.82) is 10.5 Å². The topological polar surface area (TPSA) is 198 Å². The van der Waals surface area contributed by atoms with Gasteiger partial charge in [0.05, 0.1) is 13.1 Å². The van der Waals surface area contributed by atoms with Crippen LogP contribution in [0.2, 0.25) is 0 Å². The Hall–Kier alpha value is -6.98. The quantitative estimate of drug-likeness (QED) is 0.0328. The lowest BCUT2D eigenvalue weighted by atomic mass is 10.1. The highest BCUT2D eigenvalue weighted by Crippen LogP contribution is 2.09. The van der Waals surface area contributed by atoms with Crippen LogP contribution in [-0.2, 0) is 26.2 Å². The van der Waals surface area contributed by atoms with Crippen molar-refractivity contribution in [3.8, 4) is 12.4 Å². The van der Waals surface area contributed by atoms with Gasteiger partial charge in [0, 0.05) is 30.2 Å². The fourth-order valence-corrected chi connectivity index (χ4v) is 4.03. The number of benzene rings is 5. The first kappa shape index (κ1) is 36.5. The Labute approximate surface area is 287 Å². The Kier molecular flexibility index (Phi) is 16.2. The van der Waals surface area contributed by atoms with Crippen molar-refractivity contribution in [1.82, 2.24) is 10.6 Å². The zero-order chi connectivity index (χ0) is 34.9. The zero-order valence-corrected chi connectivity index (χ0v) is 27.1. The minimum atomic E-state index is 0.389. The van der Waals surface area contributed by atoms with E-state index in [1.54, 1.807) is 0 Å². The van der Waals surface area contributed by atoms with Crippen LogP contribution in [0.3, 0.4) is 0 Å². The molecule has 5 rings (SSSR count). The number of nitrogens with two attached hydrogens (primary N) is 3. The summed E-state index contributed by atoms with van der Waals surface area (Å²) in [5.41, 5.74) is 24.1. The molecule has 0 radical (unpaired) electrons. The van der Waals surface area contributed by atoms with E-state index in [1.165, 1.54) is 0 Å². The molecule has 0 fully saturated rings. The summed E-state index contributed by atoms with van der Waals surface area (Å²) in [6.45, 7) is 2.10. The highest BCUT2D eigenvalue weighted by molar-refractivity contribution is 5.92. The van der Waals surface area contributed by atoms with E-state index in [9.17, 15) is 0 Å². The van der Waals surface area contributed by atoms with Crippen LogP contribution in [0.4, 0.5) is 17.1 Å². The van der Waals surface area contributed by atoms with Crippen LogP contribution in [0.5, 0.6) is 0 Å². The first-order valence-corrected chi connectivity index (χ1v) is 15.4. The van der Waals surface area contributed by atoms with Gasteiger partial charge < -0.3 is 38.5 Å². The van der Waals surface area contributed by atoms with Gasteiger partial charge in [-0.25, -0.2) is 9.98 Å². The van der Waals surface area contributed by atoms with E-state index in [0.717, 1.165) is 39.3 Å². The molecule has 0 bridgehead atoms. The average molecular weight is 652 g/mol. The molecule has 0 amide bonds. The van der Waals surface area contributed by atoms with E-state index in [0.29, 0.717) is 38.1 Å². The minimum absolute atomic E-state index is 0.389. The Morgan fingerprint density at radius 3 is 1.12 bits per heavy atom. The van der Waals surface area contributed by atoms with Gasteiger partial charge in [-0.1, -0.05) is 103 Å². The molecule has 5 aromatic rings. The van der Waals surface area contributed by atoms with Crippen LogP contribution in [-0.4, -0.2) is 11.9 Å². The molecule has 5 aromatic carbocycles. The molecule has 10 N–H and O–H groups in total. The molecule has 0 unspecified atom stereocenters. The van der Waals surface area contributed by atoms with Crippen LogP contribution >= 0.6 is 0 Å². The molecule has 248 valence electrons. The van der Waals surface area contributed by atoms with Gasteiger partial charge in [0.25, 0.3) is 0 Å². The molecular formula is C38H41N11. The van der Waals surface area contributed by atoms with Gasteiger partial charge in [-0.3, -0.25) is 0 Å². The second kappa shape index (κ2) is 21.7. The van der Waals surface area contributed by atoms with Crippen molar-refractivity contribution in [2.75, 3.05) is 16.4 Å². The summed E-state index contributed by atoms with van der Waals surface area (Å²) in [7, 11) is 0. The van der Waals surface area contributed by atoms with Crippen LogP contribution in [0.25, 0.3) is 0 Å². The van der Waals surface area contributed by atoms with Crippen molar-refractivity contribution in [3.05, 3.63) is 162 Å². The average Bonchev–Trinajstić information content (AvgIpc) is 3.14. The number of para-hydroxylation sites is 3. The zero-order valence-electron chi connectivity index (χ0n) is 27.1. The van der Waals surface area contributed by atoms with Gasteiger partial charge in [-0.15, -0.1) is 0 Å². The lowest BCUT2D eigenvalue weighted by Gasteiger charge is -2.06. The molecule has 0 spiro atoms. The maximum Gasteiger partial charge on any atom is 0.193 e. The summed E-state index contributed by atoms with van der Waals surface area (Å²) < 4.78 is 0. The Balaban J connectivity index is 0.000000254. The summed E-state index contributed by atoms with van der Waals surface area (Å²) in [5, 5.41) is 27.8. The second-order valence-electron chi connectivity index (χ2n) is 10.4. The number of anilines is 3. The molecule has 0 saturated heterocycles. The number of nitrogen functional groups attached to an aromatic ring is 1. The molecule has 0 heterocycles. The maximum atomic E-state index is 8.29. The largest absolute Gasteiger partial charge is 0.399 e. The molecule has 11 heteroatoms. The third-order valence-corrected chi connectivity index (χ3v) is 6.54. The van der Waals surface area contributed by atoms with Crippen molar-refractivity contribution >= 4 is 29.0 Å². The lowest BCUT2D eigenvalue weighted by Crippen LogP contribution is -2.22. The summed E-state index contributed by atoms with van der Waals surface area (Å²) in [5.74, 6) is 0.777. The van der Waals surface area contributed by atoms with Crippen LogP contribution < -0.4 is 38.5 Å². The Bertz CT molecular complexity index is 1660. The smallest absolute Gasteiger partial charge is 0.193 e. The standard InChI is InChI=1S/C22H24N6.C10H10N4.C6H7N/c23-21(27-19-7-3-1-4-8-19)25-15-17-11-13-18(14-12-17)16-26-22(24)28-20-9-5-2-6-10-20;11-7-13-5-9-1-2-10(4-3-9)6-14-8-12;7-6-4-2-1-3-5-6/h1-14H,15-16H2,(H3,23,25,27)(H3,24,26,28);1-4,13-14H,5-6H2;1-5H,7H2. The van der Waals surface area contributed by atoms with Crippen molar-refractivity contribution in [3.63, 3.8) is 0 Å². The molecule has 0 aliphatic carbocycles. The predicted molar refractivity (Wildman–Crippen MR) is 199 cm³/mol. The molecule has 0 aromatic heterocycles. The van der Waals surface area contributed by atoms with E-state index in [4.69, 9.17) is 27.7 Å². The highest BCUT2D eigenvalue weighted by Gasteiger charge is 1.98. The van der Waals surface area contributed by atoms with Crippen molar-refractivity contribution in [2.45, 2.75) is 26.2 Å². The number of nitrogens with one attached hydrogen (secondary N) is 4. The maximum absolute atomic E-state index is 8.29. The number of hydrogen-bond donors (Lipinski definition) is 7. The summed E-state index contributed by atoms with van der Waals surface area (Å²) >= 11 is 0. The fraction of sp³-hybridized carbons (Fsp3) is 0.105. The summed E-state index contributed by atoms with van der Waals surface area (Å²) in [6, 6.07) is 44.7. The molecule has 49 heavy (non-hydrogen) atoms. The van der Waals surface area contributed by atoms with Crippen LogP contribution in [0, 0.1) is 22.9 Å². The number of aliphatic imine (C=N–C) groups is 2. The number of guanidine groups is 2. The normalized spacial score (nSPS) is 10.4. The Morgan fingerprint density at radius 2 is 0.816 bits per heavy atom. The summed E-state index contributed by atoms with van der Waals surface area (Å²) in [4.78, 5) is 8.73. The predicted octanol–water partition coefficient (Wildman–Crippen LogP) is 5.64. The lowest BCUT2D eigenvalue weighted by molar-refractivity contribution is 0.867. The fourth-order valence-electron chi connectivity index (χ4n) is 4.03. The monoisotopic (exact) mass is 651 g/mol. The highest BCUT2D eigenvalue weighted by atomic mass is 15.1. The van der Waals surface area contributed by atoms with Gasteiger partial charge in [0.1, 0.15) is 0 Å². The number of nitriles is 2. The molecule has 0 saturated carbocycles. The third kappa shape index (κ3) is 15.7. The second-order valence-corrected chi connectivity index (χ2v) is 10.4. The van der Waals surface area contributed by atoms with Gasteiger partial charge >= 0.3 is 0 Å². The number of hydrogen-bond acceptors (Lipinski definition) is 7. The van der Waals surface area contributed by atoms with Gasteiger partial charge in [-0.2, -0.15) is 10.5 Å². The van der Waals surface area contributed by atoms with Crippen LogP contribution in [0.1, 0.15) is 22.3 Å². The minimum Gasteiger partial charge on any atom is -0.399 e. The van der Waals surface area contributed by atoms with Gasteiger partial charge in [-0.05, 0) is 58.7 Å². The van der Waals surface area contributed by atoms with Crippen molar-refractivity contribution in [2.24, 2.45) is 21.5 Å². The Morgan fingerprint density at radius 1 is 0.490 bits per heavy atom. The molecular weight excluding hydrogens is 610 g/mol. The van der Waals surface area contributed by atoms with E-state index in [-0.39, 0.29) is 0 Å². The SMILES string of the molecule is N#CNCc1ccc(CNC#N)cc1.NC(=NCc1ccc(CN=C(N)Nc2ccccc2)cc1)Nc1ccccc1.Nc1ccccc1. The summed E-state index contributed by atoms with van der Waals surface area (Å²) in [6.07, 6.45) is 3.72. The van der Waals surface area contributed by atoms with E-state index in [1.807, 2.05) is 152 Å². The molecule has 0 aliphatic heterocycles. The van der Waals surface area contributed by atoms with E-state index < -0.39 is 0 Å². The van der Waals surface area contributed by atoms with E-state index in [2.05, 4.69) is 31.3 Å². The van der Waals surface area contributed by atoms with Gasteiger partial charge in [0.15, 0.2) is 24.3 Å².